The average Bonchev–Trinajstić information content (AvgIpc) is 2.86. The maximum Gasteiger partial charge on any atom is 0.130 e. The molecule has 1 saturated carbocycles. The van der Waals surface area contributed by atoms with Crippen molar-refractivity contribution >= 4 is 16.5 Å². The molecule has 0 spiro atoms. The zero-order chi connectivity index (χ0) is 12.4. The number of nitrogens with one attached hydrogen (secondary N) is 1. The van der Waals surface area contributed by atoms with E-state index >= 15 is 0 Å². The smallest absolute Gasteiger partial charge is 0.130 e. The number of hydrogen-bond acceptors (Lipinski definition) is 5. The van der Waals surface area contributed by atoms with Gasteiger partial charge in [-0.05, 0) is 36.5 Å². The van der Waals surface area contributed by atoms with Crippen LogP contribution in [0.3, 0.4) is 0 Å². The molecule has 1 N–H and O–H groups in total. The molecular weight excluding hydrogens is 246 g/mol. The van der Waals surface area contributed by atoms with Crippen molar-refractivity contribution in [2.75, 3.05) is 12.4 Å². The fourth-order valence-corrected chi connectivity index (χ4v) is 2.81. The topological polar surface area (TPSA) is 47.0 Å². The van der Waals surface area contributed by atoms with E-state index in [0.717, 1.165) is 10.8 Å². The first-order valence-corrected chi connectivity index (χ1v) is 6.80. The Hall–Kier alpha value is -1.62. The molecule has 4 nitrogen and oxygen atoms in total. The Kier molecular flexibility index (Phi) is 3.15. The summed E-state index contributed by atoms with van der Waals surface area (Å²) in [6, 6.07) is 8.94. The van der Waals surface area contributed by atoms with Crippen molar-refractivity contribution in [1.82, 2.24) is 9.59 Å². The van der Waals surface area contributed by atoms with Crippen molar-refractivity contribution in [2.24, 2.45) is 0 Å². The van der Waals surface area contributed by atoms with Crippen LogP contribution in [-0.2, 0) is 0 Å². The van der Waals surface area contributed by atoms with Gasteiger partial charge in [0.1, 0.15) is 10.8 Å². The molecule has 5 heteroatoms. The zero-order valence-electron chi connectivity index (χ0n) is 10.2. The molecule has 0 atom stereocenters. The Labute approximate surface area is 110 Å². The third kappa shape index (κ3) is 2.31. The van der Waals surface area contributed by atoms with Crippen LogP contribution in [0.25, 0.3) is 0 Å². The van der Waals surface area contributed by atoms with E-state index in [1.807, 2.05) is 12.1 Å². The second-order valence-corrected chi connectivity index (χ2v) is 5.35. The van der Waals surface area contributed by atoms with E-state index in [2.05, 4.69) is 27.0 Å². The van der Waals surface area contributed by atoms with E-state index in [1.165, 1.54) is 29.9 Å². The second-order valence-electron chi connectivity index (χ2n) is 4.56. The van der Waals surface area contributed by atoms with Gasteiger partial charge in [0.2, 0.25) is 0 Å². The summed E-state index contributed by atoms with van der Waals surface area (Å²) in [5.74, 6) is 1.58. The first-order chi connectivity index (χ1) is 8.85. The van der Waals surface area contributed by atoms with Crippen LogP contribution in [0.5, 0.6) is 5.75 Å². The number of ether oxygens (including phenoxy) is 1. The lowest BCUT2D eigenvalue weighted by molar-refractivity contribution is 0.373. The molecule has 0 radical (unpaired) electrons. The molecule has 1 aromatic carbocycles. The lowest BCUT2D eigenvalue weighted by atomic mass is 9.76. The number of hydrogen-bond donors (Lipinski definition) is 1. The van der Waals surface area contributed by atoms with Gasteiger partial charge in [0.05, 0.1) is 13.3 Å². The predicted molar refractivity (Wildman–Crippen MR) is 72.3 cm³/mol. The zero-order valence-corrected chi connectivity index (χ0v) is 11.0. The van der Waals surface area contributed by atoms with Crippen molar-refractivity contribution < 1.29 is 4.74 Å². The van der Waals surface area contributed by atoms with E-state index in [0.29, 0.717) is 12.0 Å². The van der Waals surface area contributed by atoms with Gasteiger partial charge in [-0.1, -0.05) is 16.6 Å². The quantitative estimate of drug-likeness (QED) is 0.919. The van der Waals surface area contributed by atoms with Gasteiger partial charge in [-0.2, -0.15) is 0 Å². The van der Waals surface area contributed by atoms with Crippen molar-refractivity contribution in [3.8, 4) is 5.75 Å². The Morgan fingerprint density at radius 1 is 1.28 bits per heavy atom. The van der Waals surface area contributed by atoms with Crippen LogP contribution in [0.2, 0.25) is 0 Å². The third-order valence-electron chi connectivity index (χ3n) is 3.43. The SMILES string of the molecule is COc1ccc(C2CC(Nc3cnns3)C2)cc1. The molecule has 18 heavy (non-hydrogen) atoms. The highest BCUT2D eigenvalue weighted by Crippen LogP contribution is 2.39. The lowest BCUT2D eigenvalue weighted by Gasteiger charge is -2.36. The molecule has 1 aliphatic carbocycles. The molecule has 0 saturated heterocycles. The Morgan fingerprint density at radius 3 is 2.67 bits per heavy atom. The van der Waals surface area contributed by atoms with Crippen molar-refractivity contribution in [2.45, 2.75) is 24.8 Å². The number of methoxy groups -OCH3 is 1. The van der Waals surface area contributed by atoms with E-state index in [4.69, 9.17) is 4.74 Å². The van der Waals surface area contributed by atoms with Crippen LogP contribution < -0.4 is 10.1 Å². The first kappa shape index (κ1) is 11.5. The number of nitrogens with zero attached hydrogens (tertiary/aromatic N) is 2. The number of anilines is 1. The molecule has 1 heterocycles. The minimum atomic E-state index is 0.555. The summed E-state index contributed by atoms with van der Waals surface area (Å²) < 4.78 is 9.01. The van der Waals surface area contributed by atoms with Gasteiger partial charge >= 0.3 is 0 Å². The molecule has 1 aliphatic rings. The van der Waals surface area contributed by atoms with E-state index in [-0.39, 0.29) is 0 Å². The van der Waals surface area contributed by atoms with Crippen LogP contribution in [0.4, 0.5) is 5.00 Å². The third-order valence-corrected chi connectivity index (χ3v) is 4.03. The van der Waals surface area contributed by atoms with Gasteiger partial charge in [-0.25, -0.2) is 0 Å². The molecule has 0 unspecified atom stereocenters. The number of aromatic nitrogens is 2. The van der Waals surface area contributed by atoms with Crippen LogP contribution in [-0.4, -0.2) is 22.7 Å². The van der Waals surface area contributed by atoms with Crippen molar-refractivity contribution in [3.05, 3.63) is 36.0 Å². The molecule has 0 amide bonds. The van der Waals surface area contributed by atoms with Gasteiger partial charge in [-0.3, -0.25) is 0 Å². The minimum Gasteiger partial charge on any atom is -0.497 e. The average molecular weight is 261 g/mol. The summed E-state index contributed by atoms with van der Waals surface area (Å²) in [6.07, 6.45) is 4.12. The summed E-state index contributed by atoms with van der Waals surface area (Å²) in [4.78, 5) is 0. The predicted octanol–water partition coefficient (Wildman–Crippen LogP) is 2.90. The van der Waals surface area contributed by atoms with Crippen LogP contribution in [0, 0.1) is 0 Å². The molecule has 1 fully saturated rings. The standard InChI is InChI=1S/C13H15N3OS/c1-17-12-4-2-9(3-5-12)10-6-11(7-10)15-13-8-14-16-18-13/h2-5,8,10-11,15H,6-7H2,1H3. The highest BCUT2D eigenvalue weighted by atomic mass is 32.1. The maximum atomic E-state index is 5.17. The molecule has 94 valence electrons. The Morgan fingerprint density at radius 2 is 2.06 bits per heavy atom. The molecule has 0 aliphatic heterocycles. The van der Waals surface area contributed by atoms with Gasteiger partial charge in [0, 0.05) is 17.6 Å². The Balaban J connectivity index is 1.54. The van der Waals surface area contributed by atoms with Gasteiger partial charge in [-0.15, -0.1) is 5.10 Å². The van der Waals surface area contributed by atoms with Crippen molar-refractivity contribution in [1.29, 1.82) is 0 Å². The molecule has 1 aromatic heterocycles. The fourth-order valence-electron chi connectivity index (χ4n) is 2.32. The Bertz CT molecular complexity index is 491. The lowest BCUT2D eigenvalue weighted by Crippen LogP contribution is -2.33. The van der Waals surface area contributed by atoms with E-state index in [9.17, 15) is 0 Å². The summed E-state index contributed by atoms with van der Waals surface area (Å²) in [6.45, 7) is 0. The van der Waals surface area contributed by atoms with Gasteiger partial charge in [0.15, 0.2) is 0 Å². The van der Waals surface area contributed by atoms with Crippen LogP contribution in [0.1, 0.15) is 24.3 Å². The highest BCUT2D eigenvalue weighted by molar-refractivity contribution is 7.09. The normalized spacial score (nSPS) is 22.3. The largest absolute Gasteiger partial charge is 0.497 e. The number of rotatable bonds is 4. The molecular formula is C13H15N3OS. The van der Waals surface area contributed by atoms with E-state index < -0.39 is 0 Å². The monoisotopic (exact) mass is 261 g/mol. The van der Waals surface area contributed by atoms with Crippen molar-refractivity contribution in [3.63, 3.8) is 0 Å². The highest BCUT2D eigenvalue weighted by Gasteiger charge is 2.30. The summed E-state index contributed by atoms with van der Waals surface area (Å²) in [7, 11) is 1.70. The maximum absolute atomic E-state index is 5.17. The second kappa shape index (κ2) is 4.94. The molecule has 0 bridgehead atoms. The summed E-state index contributed by atoms with van der Waals surface area (Å²) in [5.41, 5.74) is 1.40. The fraction of sp³-hybridized carbons (Fsp3) is 0.385. The molecule has 3 rings (SSSR count). The molecule has 2 aromatic rings. The van der Waals surface area contributed by atoms with Crippen LogP contribution in [0.15, 0.2) is 30.5 Å². The van der Waals surface area contributed by atoms with Gasteiger partial charge in [0.25, 0.3) is 0 Å². The van der Waals surface area contributed by atoms with Crippen LogP contribution >= 0.6 is 11.5 Å². The van der Waals surface area contributed by atoms with E-state index in [1.54, 1.807) is 13.3 Å². The minimum absolute atomic E-state index is 0.555. The number of benzene rings is 1. The van der Waals surface area contributed by atoms with Gasteiger partial charge < -0.3 is 10.1 Å². The summed E-state index contributed by atoms with van der Waals surface area (Å²) in [5, 5.41) is 8.33. The first-order valence-electron chi connectivity index (χ1n) is 6.03. The summed E-state index contributed by atoms with van der Waals surface area (Å²) >= 11 is 1.41.